The van der Waals surface area contributed by atoms with Gasteiger partial charge in [-0.1, -0.05) is 5.16 Å². The number of rotatable bonds is 8. The van der Waals surface area contributed by atoms with Gasteiger partial charge in [-0.3, -0.25) is 0 Å². The van der Waals surface area contributed by atoms with E-state index in [0.717, 1.165) is 0 Å². The molecule has 1 rings (SSSR count). The number of amidine groups is 1. The Morgan fingerprint density at radius 3 is 2.63 bits per heavy atom. The normalized spacial score (nSPS) is 18.9. The molecule has 0 aliphatic heterocycles. The summed E-state index contributed by atoms with van der Waals surface area (Å²) in [5.74, 6) is -2.16. The molecule has 0 heterocycles. The van der Waals surface area contributed by atoms with Gasteiger partial charge >= 0.3 is 6.18 Å². The Morgan fingerprint density at radius 1 is 1.53 bits per heavy atom. The van der Waals surface area contributed by atoms with Crippen LogP contribution in [0.2, 0.25) is 0 Å². The van der Waals surface area contributed by atoms with Gasteiger partial charge in [0.2, 0.25) is 0 Å². The van der Waals surface area contributed by atoms with Crippen molar-refractivity contribution >= 4 is 5.84 Å². The molecule has 0 spiro atoms. The standard InChI is InChI=1S/C11H20F3N3O2/c1-17(4-5-19-7-8-2-3-8)6-9(10(15)16-18)11(12,13)14/h8-9,18H,2-7H2,1H3,(H2,15,16). The van der Waals surface area contributed by atoms with Crippen LogP contribution in [-0.2, 0) is 4.74 Å². The lowest BCUT2D eigenvalue weighted by Gasteiger charge is -2.24. The molecule has 1 fully saturated rings. The van der Waals surface area contributed by atoms with Crippen molar-refractivity contribution in [2.75, 3.05) is 33.4 Å². The van der Waals surface area contributed by atoms with E-state index in [-0.39, 0.29) is 6.54 Å². The summed E-state index contributed by atoms with van der Waals surface area (Å²) >= 11 is 0. The number of halogens is 3. The number of hydrogen-bond acceptors (Lipinski definition) is 4. The first-order chi connectivity index (χ1) is 8.84. The fourth-order valence-electron chi connectivity index (χ4n) is 1.59. The van der Waals surface area contributed by atoms with Gasteiger partial charge in [0.05, 0.1) is 6.61 Å². The number of hydrogen-bond donors (Lipinski definition) is 2. The van der Waals surface area contributed by atoms with Crippen LogP contribution in [-0.4, -0.2) is 55.5 Å². The zero-order valence-electron chi connectivity index (χ0n) is 10.9. The molecule has 1 saturated carbocycles. The van der Waals surface area contributed by atoms with Gasteiger partial charge in [0.1, 0.15) is 5.92 Å². The van der Waals surface area contributed by atoms with E-state index in [1.807, 2.05) is 0 Å². The lowest BCUT2D eigenvalue weighted by Crippen LogP contribution is -2.44. The molecule has 0 aromatic heterocycles. The lowest BCUT2D eigenvalue weighted by atomic mass is 10.1. The summed E-state index contributed by atoms with van der Waals surface area (Å²) in [4.78, 5) is 1.46. The fraction of sp³-hybridized carbons (Fsp3) is 0.909. The zero-order chi connectivity index (χ0) is 14.5. The second kappa shape index (κ2) is 6.95. The van der Waals surface area contributed by atoms with Crippen molar-refractivity contribution in [2.45, 2.75) is 19.0 Å². The average molecular weight is 283 g/mol. The lowest BCUT2D eigenvalue weighted by molar-refractivity contribution is -0.159. The Kier molecular flexibility index (Phi) is 5.86. The van der Waals surface area contributed by atoms with Gasteiger partial charge in [-0.25, -0.2) is 0 Å². The summed E-state index contributed by atoms with van der Waals surface area (Å²) in [6.07, 6.45) is -2.18. The summed E-state index contributed by atoms with van der Waals surface area (Å²) in [5, 5.41) is 10.8. The van der Waals surface area contributed by atoms with Crippen LogP contribution in [0.4, 0.5) is 13.2 Å². The number of oxime groups is 1. The SMILES string of the molecule is CN(CCOCC1CC1)CC(C(N)=NO)C(F)(F)F. The molecule has 1 atom stereocenters. The number of alkyl halides is 3. The van der Waals surface area contributed by atoms with Crippen LogP contribution in [0.15, 0.2) is 5.16 Å². The summed E-state index contributed by atoms with van der Waals surface area (Å²) in [6, 6.07) is 0. The van der Waals surface area contributed by atoms with Gasteiger partial charge in [0.15, 0.2) is 5.84 Å². The van der Waals surface area contributed by atoms with Crippen LogP contribution >= 0.6 is 0 Å². The van der Waals surface area contributed by atoms with Gasteiger partial charge in [0, 0.05) is 19.7 Å². The first-order valence-corrected chi connectivity index (χ1v) is 6.15. The summed E-state index contributed by atoms with van der Waals surface area (Å²) in [6.45, 7) is 1.08. The first-order valence-electron chi connectivity index (χ1n) is 6.15. The highest BCUT2D eigenvalue weighted by Crippen LogP contribution is 2.29. The molecule has 0 aromatic carbocycles. The third kappa shape index (κ3) is 6.11. The quantitative estimate of drug-likeness (QED) is 0.231. The highest BCUT2D eigenvalue weighted by atomic mass is 19.4. The molecule has 19 heavy (non-hydrogen) atoms. The van der Waals surface area contributed by atoms with Gasteiger partial charge in [-0.05, 0) is 25.8 Å². The van der Waals surface area contributed by atoms with Crippen molar-refractivity contribution in [2.24, 2.45) is 22.7 Å². The maximum absolute atomic E-state index is 12.7. The highest BCUT2D eigenvalue weighted by molar-refractivity contribution is 5.83. The van der Waals surface area contributed by atoms with Gasteiger partial charge < -0.3 is 20.6 Å². The number of ether oxygens (including phenoxy) is 1. The van der Waals surface area contributed by atoms with Crippen molar-refractivity contribution in [1.82, 2.24) is 4.90 Å². The summed E-state index contributed by atoms with van der Waals surface area (Å²) in [5.41, 5.74) is 5.08. The fourth-order valence-corrected chi connectivity index (χ4v) is 1.59. The summed E-state index contributed by atoms with van der Waals surface area (Å²) < 4.78 is 43.4. The third-order valence-corrected chi connectivity index (χ3v) is 3.03. The minimum absolute atomic E-state index is 0.355. The number of likely N-dealkylation sites (N-methyl/N-ethyl adjacent to an activating group) is 1. The molecule has 0 bridgehead atoms. The van der Waals surface area contributed by atoms with E-state index in [1.54, 1.807) is 7.05 Å². The largest absolute Gasteiger partial charge is 0.409 e. The maximum Gasteiger partial charge on any atom is 0.400 e. The summed E-state index contributed by atoms with van der Waals surface area (Å²) in [7, 11) is 1.55. The minimum atomic E-state index is -4.53. The van der Waals surface area contributed by atoms with Crippen LogP contribution in [0.1, 0.15) is 12.8 Å². The molecular formula is C11H20F3N3O2. The van der Waals surface area contributed by atoms with Gasteiger partial charge in [0.25, 0.3) is 0 Å². The Morgan fingerprint density at radius 2 is 2.16 bits per heavy atom. The van der Waals surface area contributed by atoms with E-state index >= 15 is 0 Å². The Balaban J connectivity index is 2.31. The molecule has 0 amide bonds. The Hall–Kier alpha value is -1.02. The molecule has 1 aliphatic rings. The van der Waals surface area contributed by atoms with Crippen LogP contribution < -0.4 is 5.73 Å². The molecule has 8 heteroatoms. The van der Waals surface area contributed by atoms with Crippen molar-refractivity contribution in [3.63, 3.8) is 0 Å². The number of nitrogens with zero attached hydrogens (tertiary/aromatic N) is 2. The average Bonchev–Trinajstić information content (AvgIpc) is 3.13. The molecule has 5 nitrogen and oxygen atoms in total. The van der Waals surface area contributed by atoms with E-state index in [1.165, 1.54) is 17.7 Å². The van der Waals surface area contributed by atoms with E-state index in [2.05, 4.69) is 5.16 Å². The van der Waals surface area contributed by atoms with Crippen LogP contribution in [0.25, 0.3) is 0 Å². The van der Waals surface area contributed by atoms with Crippen LogP contribution in [0.3, 0.4) is 0 Å². The first kappa shape index (κ1) is 16.0. The van der Waals surface area contributed by atoms with Crippen LogP contribution in [0, 0.1) is 11.8 Å². The second-order valence-electron chi connectivity index (χ2n) is 4.90. The van der Waals surface area contributed by atoms with E-state index in [0.29, 0.717) is 25.7 Å². The molecular weight excluding hydrogens is 263 g/mol. The predicted octanol–water partition coefficient (Wildman–Crippen LogP) is 1.27. The molecule has 0 aromatic rings. The number of nitrogens with two attached hydrogens (primary N) is 1. The van der Waals surface area contributed by atoms with Crippen molar-refractivity contribution in [3.05, 3.63) is 0 Å². The smallest absolute Gasteiger partial charge is 0.400 e. The monoisotopic (exact) mass is 283 g/mol. The van der Waals surface area contributed by atoms with E-state index in [9.17, 15) is 13.2 Å². The molecule has 1 unspecified atom stereocenters. The molecule has 1 aliphatic carbocycles. The van der Waals surface area contributed by atoms with Crippen LogP contribution in [0.5, 0.6) is 0 Å². The van der Waals surface area contributed by atoms with E-state index in [4.69, 9.17) is 15.7 Å². The second-order valence-corrected chi connectivity index (χ2v) is 4.90. The predicted molar refractivity (Wildman–Crippen MR) is 64.0 cm³/mol. The van der Waals surface area contributed by atoms with E-state index < -0.39 is 17.9 Å². The van der Waals surface area contributed by atoms with Gasteiger partial charge in [-0.15, -0.1) is 0 Å². The minimum Gasteiger partial charge on any atom is -0.409 e. The van der Waals surface area contributed by atoms with Crippen molar-refractivity contribution in [1.29, 1.82) is 0 Å². The Bertz CT molecular complexity index is 306. The molecule has 112 valence electrons. The molecule has 3 N–H and O–H groups in total. The molecule has 0 saturated heterocycles. The van der Waals surface area contributed by atoms with Crippen molar-refractivity contribution in [3.8, 4) is 0 Å². The zero-order valence-corrected chi connectivity index (χ0v) is 10.9. The molecule has 0 radical (unpaired) electrons. The highest BCUT2D eigenvalue weighted by Gasteiger charge is 2.43. The maximum atomic E-state index is 12.7. The van der Waals surface area contributed by atoms with Gasteiger partial charge in [-0.2, -0.15) is 13.2 Å². The van der Waals surface area contributed by atoms with Crippen molar-refractivity contribution < 1.29 is 23.1 Å². The topological polar surface area (TPSA) is 71.1 Å². The third-order valence-electron chi connectivity index (χ3n) is 3.03. The Labute approximate surface area is 110 Å².